The summed E-state index contributed by atoms with van der Waals surface area (Å²) >= 11 is 0. The zero-order valence-electron chi connectivity index (χ0n) is 11.7. The summed E-state index contributed by atoms with van der Waals surface area (Å²) in [5, 5.41) is 24.8. The van der Waals surface area contributed by atoms with E-state index in [0.717, 1.165) is 24.2 Å². The molecule has 2 N–H and O–H groups in total. The van der Waals surface area contributed by atoms with Gasteiger partial charge >= 0.3 is 0 Å². The van der Waals surface area contributed by atoms with Crippen molar-refractivity contribution in [3.05, 3.63) is 40.1 Å². The lowest BCUT2D eigenvalue weighted by Gasteiger charge is -2.14. The summed E-state index contributed by atoms with van der Waals surface area (Å²) in [5.41, 5.74) is 2.36. The third-order valence-electron chi connectivity index (χ3n) is 3.80. The fourth-order valence-corrected chi connectivity index (χ4v) is 2.47. The van der Waals surface area contributed by atoms with Gasteiger partial charge in [-0.25, -0.2) is 0 Å². The van der Waals surface area contributed by atoms with Crippen LogP contribution in [0.15, 0.2) is 24.3 Å². The first-order chi connectivity index (χ1) is 10.0. The van der Waals surface area contributed by atoms with Gasteiger partial charge in [-0.1, -0.05) is 0 Å². The van der Waals surface area contributed by atoms with Crippen LogP contribution in [0.1, 0.15) is 18.5 Å². The fraction of sp³-hybridized carbons (Fsp3) is 0.400. The lowest BCUT2D eigenvalue weighted by Crippen LogP contribution is -2.21. The maximum Gasteiger partial charge on any atom is 0.270 e. The second-order valence-electron chi connectivity index (χ2n) is 5.56. The van der Waals surface area contributed by atoms with Crippen molar-refractivity contribution in [2.75, 3.05) is 11.9 Å². The summed E-state index contributed by atoms with van der Waals surface area (Å²) in [6.07, 6.45) is 1.78. The molecule has 1 atom stereocenters. The maximum absolute atomic E-state index is 10.9. The number of nitro groups is 1. The van der Waals surface area contributed by atoms with Crippen molar-refractivity contribution in [1.29, 1.82) is 0 Å². The Kier molecular flexibility index (Phi) is 3.47. The molecule has 1 aliphatic rings. The second-order valence-corrected chi connectivity index (χ2v) is 5.56. The van der Waals surface area contributed by atoms with Crippen LogP contribution in [0.5, 0.6) is 0 Å². The minimum Gasteiger partial charge on any atom is -0.391 e. The van der Waals surface area contributed by atoms with E-state index in [2.05, 4.69) is 10.3 Å². The van der Waals surface area contributed by atoms with Gasteiger partial charge in [-0.15, -0.1) is 0 Å². The average molecular weight is 287 g/mol. The number of anilines is 1. The number of aliphatic hydroxyl groups excluding tert-OH is 1. The van der Waals surface area contributed by atoms with Gasteiger partial charge in [-0.05, 0) is 37.8 Å². The number of non-ortho nitro benzene ring substituents is 1. The summed E-state index contributed by atoms with van der Waals surface area (Å²) in [6.45, 7) is 2.33. The number of benzene rings is 1. The number of rotatable bonds is 5. The van der Waals surface area contributed by atoms with Crippen LogP contribution in [0.25, 0.3) is 10.9 Å². The standard InChI is InChI=1S/C15H17N3O3/c1-9-6-14(16-8-15(19)10-2-3-10)12-7-11(18(20)21)4-5-13(12)17-9/h4-7,10,15,19H,2-3,8H2,1H3,(H,16,17)/t15-/m1/s1. The lowest BCUT2D eigenvalue weighted by atomic mass is 10.1. The van der Waals surface area contributed by atoms with Gasteiger partial charge in [0.25, 0.3) is 5.69 Å². The van der Waals surface area contributed by atoms with E-state index >= 15 is 0 Å². The van der Waals surface area contributed by atoms with Crippen LogP contribution in [-0.2, 0) is 0 Å². The molecule has 1 saturated carbocycles. The smallest absolute Gasteiger partial charge is 0.270 e. The summed E-state index contributed by atoms with van der Waals surface area (Å²) in [5.74, 6) is 0.390. The predicted octanol–water partition coefficient (Wildman–Crippen LogP) is 2.63. The molecule has 0 saturated heterocycles. The molecule has 6 heteroatoms. The van der Waals surface area contributed by atoms with Crippen molar-refractivity contribution in [3.8, 4) is 0 Å². The highest BCUT2D eigenvalue weighted by molar-refractivity contribution is 5.93. The van der Waals surface area contributed by atoms with Crippen LogP contribution in [-0.4, -0.2) is 27.7 Å². The van der Waals surface area contributed by atoms with Gasteiger partial charge < -0.3 is 10.4 Å². The van der Waals surface area contributed by atoms with Crippen LogP contribution >= 0.6 is 0 Å². The van der Waals surface area contributed by atoms with Crippen molar-refractivity contribution in [2.45, 2.75) is 25.9 Å². The van der Waals surface area contributed by atoms with E-state index in [0.29, 0.717) is 23.4 Å². The highest BCUT2D eigenvalue weighted by Crippen LogP contribution is 2.33. The number of nitrogens with zero attached hydrogens (tertiary/aromatic N) is 2. The predicted molar refractivity (Wildman–Crippen MR) is 80.4 cm³/mol. The van der Waals surface area contributed by atoms with Crippen LogP contribution in [0.2, 0.25) is 0 Å². The minimum absolute atomic E-state index is 0.0407. The summed E-state index contributed by atoms with van der Waals surface area (Å²) in [4.78, 5) is 14.9. The number of fused-ring (bicyclic) bond motifs is 1. The molecular weight excluding hydrogens is 270 g/mol. The van der Waals surface area contributed by atoms with Crippen molar-refractivity contribution in [1.82, 2.24) is 4.98 Å². The molecule has 1 aliphatic carbocycles. The molecule has 3 rings (SSSR count). The largest absolute Gasteiger partial charge is 0.391 e. The number of pyridine rings is 1. The maximum atomic E-state index is 10.9. The quantitative estimate of drug-likeness (QED) is 0.652. The van der Waals surface area contributed by atoms with Crippen LogP contribution in [0, 0.1) is 23.0 Å². The highest BCUT2D eigenvalue weighted by atomic mass is 16.6. The van der Waals surface area contributed by atoms with Gasteiger partial charge in [-0.3, -0.25) is 15.1 Å². The third-order valence-corrected chi connectivity index (χ3v) is 3.80. The van der Waals surface area contributed by atoms with Gasteiger partial charge in [0.2, 0.25) is 0 Å². The zero-order chi connectivity index (χ0) is 15.0. The first kappa shape index (κ1) is 13.8. The number of aryl methyl sites for hydroxylation is 1. The molecule has 110 valence electrons. The Morgan fingerprint density at radius 1 is 1.48 bits per heavy atom. The Morgan fingerprint density at radius 2 is 2.24 bits per heavy atom. The number of aromatic nitrogens is 1. The van der Waals surface area contributed by atoms with Gasteiger partial charge in [0.05, 0.1) is 16.5 Å². The number of hydrogen-bond donors (Lipinski definition) is 2. The Hall–Kier alpha value is -2.21. The zero-order valence-corrected chi connectivity index (χ0v) is 11.7. The van der Waals surface area contributed by atoms with Gasteiger partial charge in [0.15, 0.2) is 0 Å². The van der Waals surface area contributed by atoms with Crippen LogP contribution in [0.3, 0.4) is 0 Å². The number of aliphatic hydroxyl groups is 1. The molecule has 1 fully saturated rings. The number of nitrogens with one attached hydrogen (secondary N) is 1. The van der Waals surface area contributed by atoms with Gasteiger partial charge in [0, 0.05) is 35.4 Å². The third kappa shape index (κ3) is 2.95. The Balaban J connectivity index is 1.94. The van der Waals surface area contributed by atoms with E-state index in [1.165, 1.54) is 12.1 Å². The first-order valence-corrected chi connectivity index (χ1v) is 7.02. The summed E-state index contributed by atoms with van der Waals surface area (Å²) in [6, 6.07) is 6.49. The average Bonchev–Trinajstić information content (AvgIpc) is 3.28. The molecule has 2 aromatic rings. The Morgan fingerprint density at radius 3 is 2.90 bits per heavy atom. The molecule has 1 aromatic heterocycles. The van der Waals surface area contributed by atoms with Gasteiger partial charge in [-0.2, -0.15) is 0 Å². The monoisotopic (exact) mass is 287 g/mol. The van der Waals surface area contributed by atoms with Crippen molar-refractivity contribution >= 4 is 22.3 Å². The highest BCUT2D eigenvalue weighted by Gasteiger charge is 2.29. The Labute approximate surface area is 122 Å². The van der Waals surface area contributed by atoms with Crippen LogP contribution in [0.4, 0.5) is 11.4 Å². The first-order valence-electron chi connectivity index (χ1n) is 7.02. The molecule has 0 bridgehead atoms. The topological polar surface area (TPSA) is 88.3 Å². The normalized spacial score (nSPS) is 15.9. The Bertz CT molecular complexity index is 698. The van der Waals surface area contributed by atoms with E-state index in [9.17, 15) is 15.2 Å². The van der Waals surface area contributed by atoms with E-state index < -0.39 is 4.92 Å². The van der Waals surface area contributed by atoms with E-state index in [-0.39, 0.29) is 11.8 Å². The molecule has 0 aliphatic heterocycles. The molecule has 21 heavy (non-hydrogen) atoms. The van der Waals surface area contributed by atoms with E-state index in [4.69, 9.17) is 0 Å². The van der Waals surface area contributed by atoms with Crippen LogP contribution < -0.4 is 5.32 Å². The summed E-state index contributed by atoms with van der Waals surface area (Å²) in [7, 11) is 0. The SMILES string of the molecule is Cc1cc(NC[C@@H](O)C2CC2)c2cc([N+](=O)[O-])ccc2n1. The summed E-state index contributed by atoms with van der Waals surface area (Å²) < 4.78 is 0. The molecule has 1 heterocycles. The fourth-order valence-electron chi connectivity index (χ4n) is 2.47. The molecule has 0 unspecified atom stereocenters. The van der Waals surface area contributed by atoms with E-state index in [1.54, 1.807) is 6.07 Å². The van der Waals surface area contributed by atoms with Crippen molar-refractivity contribution < 1.29 is 10.0 Å². The molecule has 1 aromatic carbocycles. The molecule has 0 radical (unpaired) electrons. The lowest BCUT2D eigenvalue weighted by molar-refractivity contribution is -0.384. The molecule has 0 spiro atoms. The second kappa shape index (κ2) is 5.29. The molecule has 6 nitrogen and oxygen atoms in total. The van der Waals surface area contributed by atoms with Crippen molar-refractivity contribution in [3.63, 3.8) is 0 Å². The van der Waals surface area contributed by atoms with E-state index in [1.807, 2.05) is 13.0 Å². The number of nitro benzene ring substituents is 1. The molecule has 0 amide bonds. The van der Waals surface area contributed by atoms with Gasteiger partial charge in [0.1, 0.15) is 0 Å². The minimum atomic E-state index is -0.415. The number of hydrogen-bond acceptors (Lipinski definition) is 5. The van der Waals surface area contributed by atoms with Crippen molar-refractivity contribution in [2.24, 2.45) is 5.92 Å². The molecular formula is C15H17N3O3.